The van der Waals surface area contributed by atoms with E-state index in [9.17, 15) is 9.59 Å². The van der Waals surface area contributed by atoms with E-state index in [1.165, 1.54) is 7.11 Å². The van der Waals surface area contributed by atoms with Gasteiger partial charge in [-0.3, -0.25) is 9.59 Å². The van der Waals surface area contributed by atoms with E-state index < -0.39 is 0 Å². The molecule has 0 atom stereocenters. The number of rotatable bonds is 3. The van der Waals surface area contributed by atoms with Gasteiger partial charge in [0.15, 0.2) is 0 Å². The van der Waals surface area contributed by atoms with Crippen molar-refractivity contribution in [2.24, 2.45) is 0 Å². The molecule has 1 aromatic rings. The average molecular weight is 231 g/mol. The van der Waals surface area contributed by atoms with Gasteiger partial charge in [0.25, 0.3) is 5.91 Å². The highest BCUT2D eigenvalue weighted by Crippen LogP contribution is 2.18. The Kier molecular flexibility index (Phi) is 3.23. The number of amides is 1. The highest BCUT2D eigenvalue weighted by Gasteiger charge is 2.17. The molecule has 1 aliphatic rings. The summed E-state index contributed by atoms with van der Waals surface area (Å²) in [6.45, 7) is 0.598. The number of fused-ring (bicyclic) bond motifs is 1. The molecule has 0 aromatic heterocycles. The van der Waals surface area contributed by atoms with Crippen LogP contribution in [-0.2, 0) is 16.1 Å². The van der Waals surface area contributed by atoms with Gasteiger partial charge in [0.1, 0.15) is 0 Å². The van der Waals surface area contributed by atoms with Gasteiger partial charge in [-0.15, -0.1) is 0 Å². The molecule has 1 aliphatic heterocycles. The Bertz CT molecular complexity index is 491. The molecule has 0 unspecified atom stereocenters. The lowest BCUT2D eigenvalue weighted by atomic mass is 10.1. The summed E-state index contributed by atoms with van der Waals surface area (Å²) in [4.78, 5) is 22.3. The third kappa shape index (κ3) is 2.53. The second-order valence-corrected chi connectivity index (χ2v) is 3.78. The second-order valence-electron chi connectivity index (χ2n) is 3.78. The highest BCUT2D eigenvalue weighted by molar-refractivity contribution is 5.98. The summed E-state index contributed by atoms with van der Waals surface area (Å²) in [7, 11) is 1.36. The number of methoxy groups -OCH3 is 1. The number of carbonyl (C=O) groups is 2. The van der Waals surface area contributed by atoms with Crippen LogP contribution in [0, 0.1) is 0 Å². The van der Waals surface area contributed by atoms with Crippen LogP contribution >= 0.6 is 0 Å². The van der Waals surface area contributed by atoms with E-state index >= 15 is 0 Å². The molecular formula is C13H13NO3. The van der Waals surface area contributed by atoms with Crippen LogP contribution in [0.5, 0.6) is 0 Å². The van der Waals surface area contributed by atoms with Gasteiger partial charge in [0.2, 0.25) is 0 Å². The molecule has 2 rings (SSSR count). The van der Waals surface area contributed by atoms with Crippen LogP contribution in [0.15, 0.2) is 24.3 Å². The minimum atomic E-state index is -0.278. The van der Waals surface area contributed by atoms with Crippen LogP contribution in [0.4, 0.5) is 0 Å². The van der Waals surface area contributed by atoms with Crippen molar-refractivity contribution in [3.8, 4) is 0 Å². The van der Waals surface area contributed by atoms with Crippen molar-refractivity contribution in [3.05, 3.63) is 41.0 Å². The predicted octanol–water partition coefficient (Wildman–Crippen LogP) is 1.51. The zero-order valence-electron chi connectivity index (χ0n) is 9.53. The van der Waals surface area contributed by atoms with Crippen molar-refractivity contribution in [2.75, 3.05) is 7.11 Å². The highest BCUT2D eigenvalue weighted by atomic mass is 16.5. The van der Waals surface area contributed by atoms with Crippen molar-refractivity contribution in [2.45, 2.75) is 13.0 Å². The molecule has 0 saturated heterocycles. The van der Waals surface area contributed by atoms with E-state index in [-0.39, 0.29) is 18.3 Å². The smallest absolute Gasteiger partial charge is 0.309 e. The quantitative estimate of drug-likeness (QED) is 0.802. The Morgan fingerprint density at radius 3 is 3.12 bits per heavy atom. The molecule has 0 spiro atoms. The van der Waals surface area contributed by atoms with Crippen LogP contribution in [0.1, 0.15) is 27.9 Å². The topological polar surface area (TPSA) is 55.4 Å². The Hall–Kier alpha value is -2.10. The number of hydrogen-bond donors (Lipinski definition) is 1. The van der Waals surface area contributed by atoms with Crippen molar-refractivity contribution in [1.29, 1.82) is 0 Å². The third-order valence-electron chi connectivity index (χ3n) is 2.64. The molecule has 0 radical (unpaired) electrons. The van der Waals surface area contributed by atoms with Crippen LogP contribution in [0.3, 0.4) is 0 Å². The van der Waals surface area contributed by atoms with Crippen LogP contribution in [0.25, 0.3) is 6.08 Å². The molecule has 1 aromatic carbocycles. The fourth-order valence-electron chi connectivity index (χ4n) is 1.71. The lowest BCUT2D eigenvalue weighted by Gasteiger charge is -1.98. The summed E-state index contributed by atoms with van der Waals surface area (Å²) in [6.07, 6.45) is 3.77. The molecule has 1 heterocycles. The Morgan fingerprint density at radius 1 is 1.53 bits per heavy atom. The van der Waals surface area contributed by atoms with Gasteiger partial charge >= 0.3 is 5.97 Å². The Labute approximate surface area is 99.3 Å². The first-order valence-electron chi connectivity index (χ1n) is 5.35. The second kappa shape index (κ2) is 4.82. The zero-order chi connectivity index (χ0) is 12.3. The largest absolute Gasteiger partial charge is 0.469 e. The van der Waals surface area contributed by atoms with E-state index in [1.54, 1.807) is 6.08 Å². The molecule has 4 nitrogen and oxygen atoms in total. The zero-order valence-corrected chi connectivity index (χ0v) is 9.53. The molecule has 0 bridgehead atoms. The van der Waals surface area contributed by atoms with E-state index in [4.69, 9.17) is 0 Å². The van der Waals surface area contributed by atoms with Gasteiger partial charge in [0, 0.05) is 12.1 Å². The van der Waals surface area contributed by atoms with Gasteiger partial charge < -0.3 is 10.1 Å². The minimum Gasteiger partial charge on any atom is -0.469 e. The summed E-state index contributed by atoms with van der Waals surface area (Å²) in [6, 6.07) is 5.67. The summed E-state index contributed by atoms with van der Waals surface area (Å²) >= 11 is 0. The molecule has 0 fully saturated rings. The lowest BCUT2D eigenvalue weighted by Crippen LogP contribution is -2.12. The monoisotopic (exact) mass is 231 g/mol. The Morgan fingerprint density at radius 2 is 2.35 bits per heavy atom. The number of carbonyl (C=O) groups excluding carboxylic acids is 2. The fraction of sp³-hybridized carbons (Fsp3) is 0.231. The van der Waals surface area contributed by atoms with E-state index in [1.807, 2.05) is 24.3 Å². The number of ether oxygens (including phenoxy) is 1. The molecule has 0 aliphatic carbocycles. The Balaban J connectivity index is 2.10. The maximum Gasteiger partial charge on any atom is 0.309 e. The van der Waals surface area contributed by atoms with E-state index in [0.29, 0.717) is 12.1 Å². The minimum absolute atomic E-state index is 0.0387. The van der Waals surface area contributed by atoms with Crippen molar-refractivity contribution in [1.82, 2.24) is 5.32 Å². The summed E-state index contributed by atoms with van der Waals surface area (Å²) < 4.78 is 4.52. The van der Waals surface area contributed by atoms with Crippen LogP contribution in [-0.4, -0.2) is 19.0 Å². The summed E-state index contributed by atoms with van der Waals surface area (Å²) in [5, 5.41) is 2.76. The lowest BCUT2D eigenvalue weighted by molar-refractivity contribution is -0.139. The average Bonchev–Trinajstić information content (AvgIpc) is 2.71. The van der Waals surface area contributed by atoms with Gasteiger partial charge in [-0.1, -0.05) is 24.3 Å². The molecule has 1 N–H and O–H groups in total. The standard InChI is InChI=1S/C13H13NO3/c1-17-12(15)4-2-3-9-5-6-10-8-14-13(16)11(10)7-9/h2-3,5-7H,4,8H2,1H3,(H,14,16). The van der Waals surface area contributed by atoms with E-state index in [0.717, 1.165) is 11.1 Å². The first-order valence-corrected chi connectivity index (χ1v) is 5.35. The molecule has 88 valence electrons. The van der Waals surface area contributed by atoms with Crippen LogP contribution < -0.4 is 5.32 Å². The van der Waals surface area contributed by atoms with Gasteiger partial charge in [-0.05, 0) is 17.2 Å². The normalized spacial score (nSPS) is 13.6. The van der Waals surface area contributed by atoms with E-state index in [2.05, 4.69) is 10.1 Å². The molecule has 0 saturated carbocycles. The first-order chi connectivity index (χ1) is 8.20. The van der Waals surface area contributed by atoms with Gasteiger partial charge in [-0.2, -0.15) is 0 Å². The first kappa shape index (κ1) is 11.4. The summed E-state index contributed by atoms with van der Waals surface area (Å²) in [5.74, 6) is -0.316. The van der Waals surface area contributed by atoms with Crippen molar-refractivity contribution >= 4 is 18.0 Å². The summed E-state index contributed by atoms with van der Waals surface area (Å²) in [5.41, 5.74) is 2.63. The van der Waals surface area contributed by atoms with Gasteiger partial charge in [-0.25, -0.2) is 0 Å². The third-order valence-corrected chi connectivity index (χ3v) is 2.64. The van der Waals surface area contributed by atoms with Crippen molar-refractivity contribution < 1.29 is 14.3 Å². The number of nitrogens with one attached hydrogen (secondary N) is 1. The number of hydrogen-bond acceptors (Lipinski definition) is 3. The predicted molar refractivity (Wildman–Crippen MR) is 63.3 cm³/mol. The maximum atomic E-state index is 11.4. The van der Waals surface area contributed by atoms with Crippen LogP contribution in [0.2, 0.25) is 0 Å². The van der Waals surface area contributed by atoms with Gasteiger partial charge in [0.05, 0.1) is 13.5 Å². The van der Waals surface area contributed by atoms with Crippen molar-refractivity contribution in [3.63, 3.8) is 0 Å². The SMILES string of the molecule is COC(=O)CC=Cc1ccc2c(c1)C(=O)NC2. The fourth-order valence-corrected chi connectivity index (χ4v) is 1.71. The molecule has 1 amide bonds. The number of benzene rings is 1. The maximum absolute atomic E-state index is 11.4. The molecule has 4 heteroatoms. The molecule has 17 heavy (non-hydrogen) atoms. The number of esters is 1. The molecular weight excluding hydrogens is 218 g/mol.